The molecule has 1 saturated heterocycles. The van der Waals surface area contributed by atoms with E-state index in [2.05, 4.69) is 11.8 Å². The molecule has 0 amide bonds. The predicted octanol–water partition coefficient (Wildman–Crippen LogP) is 2.38. The molecule has 2 aliphatic rings. The second kappa shape index (κ2) is 5.31. The molecule has 15 heavy (non-hydrogen) atoms. The van der Waals surface area contributed by atoms with Crippen LogP contribution < -0.4 is 5.73 Å². The molecule has 1 heterocycles. The second-order valence-corrected chi connectivity index (χ2v) is 5.39. The lowest BCUT2D eigenvalue weighted by atomic mass is 9.91. The molecule has 2 N–H and O–H groups in total. The summed E-state index contributed by atoms with van der Waals surface area (Å²) >= 11 is 0. The normalized spacial score (nSPS) is 34.0. The van der Waals surface area contributed by atoms with Gasteiger partial charge in [-0.05, 0) is 57.5 Å². The summed E-state index contributed by atoms with van der Waals surface area (Å²) in [6.45, 7) is 4.77. The molecule has 1 aliphatic heterocycles. The third-order valence-electron chi connectivity index (χ3n) is 4.42. The summed E-state index contributed by atoms with van der Waals surface area (Å²) in [7, 11) is 0. The van der Waals surface area contributed by atoms with Crippen LogP contribution in [-0.4, -0.2) is 30.1 Å². The van der Waals surface area contributed by atoms with Gasteiger partial charge in [-0.15, -0.1) is 0 Å². The second-order valence-electron chi connectivity index (χ2n) is 5.39. The molecular weight excluding hydrogens is 184 g/mol. The van der Waals surface area contributed by atoms with Gasteiger partial charge in [-0.2, -0.15) is 0 Å². The van der Waals surface area contributed by atoms with Crippen LogP contribution in [0.15, 0.2) is 0 Å². The molecule has 2 heteroatoms. The number of piperidine rings is 1. The van der Waals surface area contributed by atoms with Gasteiger partial charge in [0.2, 0.25) is 0 Å². The highest BCUT2D eigenvalue weighted by molar-refractivity contribution is 4.89. The van der Waals surface area contributed by atoms with E-state index in [1.54, 1.807) is 0 Å². The number of hydrogen-bond acceptors (Lipinski definition) is 2. The SMILES string of the molecule is CCC(N)CCN1CCCC2CCCC21. The monoisotopic (exact) mass is 210 g/mol. The van der Waals surface area contributed by atoms with Crippen LogP contribution in [0.3, 0.4) is 0 Å². The molecule has 3 unspecified atom stereocenters. The smallest absolute Gasteiger partial charge is 0.0123 e. The van der Waals surface area contributed by atoms with Crippen molar-refractivity contribution < 1.29 is 0 Å². The Bertz CT molecular complexity index is 193. The maximum absolute atomic E-state index is 6.00. The Morgan fingerprint density at radius 2 is 2.07 bits per heavy atom. The third kappa shape index (κ3) is 2.73. The van der Waals surface area contributed by atoms with E-state index < -0.39 is 0 Å². The van der Waals surface area contributed by atoms with Gasteiger partial charge in [0.05, 0.1) is 0 Å². The molecule has 0 aromatic rings. The highest BCUT2D eigenvalue weighted by Crippen LogP contribution is 2.36. The van der Waals surface area contributed by atoms with Crippen LogP contribution >= 0.6 is 0 Å². The van der Waals surface area contributed by atoms with E-state index >= 15 is 0 Å². The molecule has 1 saturated carbocycles. The fraction of sp³-hybridized carbons (Fsp3) is 1.00. The molecule has 2 nitrogen and oxygen atoms in total. The molecule has 0 aromatic carbocycles. The van der Waals surface area contributed by atoms with Gasteiger partial charge in [-0.25, -0.2) is 0 Å². The summed E-state index contributed by atoms with van der Waals surface area (Å²) in [6, 6.07) is 1.34. The van der Waals surface area contributed by atoms with E-state index in [4.69, 9.17) is 5.73 Å². The zero-order valence-electron chi connectivity index (χ0n) is 10.1. The highest BCUT2D eigenvalue weighted by atomic mass is 15.2. The minimum Gasteiger partial charge on any atom is -0.328 e. The van der Waals surface area contributed by atoms with Crippen LogP contribution in [-0.2, 0) is 0 Å². The van der Waals surface area contributed by atoms with E-state index in [-0.39, 0.29) is 0 Å². The van der Waals surface area contributed by atoms with Crippen molar-refractivity contribution in [1.29, 1.82) is 0 Å². The van der Waals surface area contributed by atoms with Gasteiger partial charge in [-0.1, -0.05) is 13.3 Å². The van der Waals surface area contributed by atoms with E-state index in [9.17, 15) is 0 Å². The first-order chi connectivity index (χ1) is 7.31. The molecule has 0 bridgehead atoms. The minimum atomic E-state index is 0.423. The fourth-order valence-corrected chi connectivity index (χ4v) is 3.37. The first kappa shape index (κ1) is 11.4. The Labute approximate surface area is 94.2 Å². The van der Waals surface area contributed by atoms with Crippen molar-refractivity contribution in [3.05, 3.63) is 0 Å². The number of rotatable bonds is 4. The first-order valence-corrected chi connectivity index (χ1v) is 6.81. The summed E-state index contributed by atoms with van der Waals surface area (Å²) < 4.78 is 0. The van der Waals surface area contributed by atoms with Gasteiger partial charge in [0.15, 0.2) is 0 Å². The Morgan fingerprint density at radius 1 is 1.27 bits per heavy atom. The molecule has 1 aliphatic carbocycles. The zero-order valence-corrected chi connectivity index (χ0v) is 10.1. The van der Waals surface area contributed by atoms with Crippen molar-refractivity contribution in [2.24, 2.45) is 11.7 Å². The maximum Gasteiger partial charge on any atom is 0.0123 e. The summed E-state index contributed by atoms with van der Waals surface area (Å²) in [5.74, 6) is 1.02. The van der Waals surface area contributed by atoms with Gasteiger partial charge in [0, 0.05) is 12.1 Å². The maximum atomic E-state index is 6.00. The van der Waals surface area contributed by atoms with Crippen molar-refractivity contribution in [3.63, 3.8) is 0 Å². The van der Waals surface area contributed by atoms with Crippen molar-refractivity contribution >= 4 is 0 Å². The molecule has 0 spiro atoms. The average Bonchev–Trinajstić information content (AvgIpc) is 2.74. The van der Waals surface area contributed by atoms with Gasteiger partial charge >= 0.3 is 0 Å². The largest absolute Gasteiger partial charge is 0.328 e. The first-order valence-electron chi connectivity index (χ1n) is 6.81. The molecular formula is C13H26N2. The number of nitrogens with two attached hydrogens (primary N) is 1. The summed E-state index contributed by atoms with van der Waals surface area (Å²) in [6.07, 6.45) is 9.63. The lowest BCUT2D eigenvalue weighted by molar-refractivity contribution is 0.109. The van der Waals surface area contributed by atoms with Crippen molar-refractivity contribution in [2.75, 3.05) is 13.1 Å². The molecule has 2 fully saturated rings. The number of nitrogens with zero attached hydrogens (tertiary/aromatic N) is 1. The molecule has 0 radical (unpaired) electrons. The van der Waals surface area contributed by atoms with Crippen LogP contribution in [0.5, 0.6) is 0 Å². The van der Waals surface area contributed by atoms with Crippen LogP contribution in [0.25, 0.3) is 0 Å². The van der Waals surface area contributed by atoms with Gasteiger partial charge in [0.1, 0.15) is 0 Å². The number of fused-ring (bicyclic) bond motifs is 1. The summed E-state index contributed by atoms with van der Waals surface area (Å²) in [4.78, 5) is 2.73. The molecule has 88 valence electrons. The van der Waals surface area contributed by atoms with Crippen molar-refractivity contribution in [3.8, 4) is 0 Å². The average molecular weight is 210 g/mol. The lowest BCUT2D eigenvalue weighted by Gasteiger charge is -2.38. The Balaban J connectivity index is 1.80. The van der Waals surface area contributed by atoms with E-state index in [0.29, 0.717) is 6.04 Å². The van der Waals surface area contributed by atoms with Crippen LogP contribution in [0, 0.1) is 5.92 Å². The van der Waals surface area contributed by atoms with Crippen LogP contribution in [0.1, 0.15) is 51.9 Å². The Hall–Kier alpha value is -0.0800. The van der Waals surface area contributed by atoms with E-state index in [1.165, 1.54) is 51.6 Å². The van der Waals surface area contributed by atoms with Gasteiger partial charge in [-0.3, -0.25) is 0 Å². The van der Waals surface area contributed by atoms with Crippen LogP contribution in [0.4, 0.5) is 0 Å². The quantitative estimate of drug-likeness (QED) is 0.772. The predicted molar refractivity (Wildman–Crippen MR) is 64.8 cm³/mol. The zero-order chi connectivity index (χ0) is 10.7. The molecule has 2 rings (SSSR count). The molecule has 0 aromatic heterocycles. The standard InChI is InChI=1S/C13H26N2/c1-2-12(14)8-10-15-9-4-6-11-5-3-7-13(11)15/h11-13H,2-10,14H2,1H3. The van der Waals surface area contributed by atoms with Crippen molar-refractivity contribution in [2.45, 2.75) is 64.0 Å². The lowest BCUT2D eigenvalue weighted by Crippen LogP contribution is -2.44. The summed E-state index contributed by atoms with van der Waals surface area (Å²) in [5, 5.41) is 0. The topological polar surface area (TPSA) is 29.3 Å². The highest BCUT2D eigenvalue weighted by Gasteiger charge is 2.34. The van der Waals surface area contributed by atoms with Crippen molar-refractivity contribution in [1.82, 2.24) is 4.90 Å². The third-order valence-corrected chi connectivity index (χ3v) is 4.42. The van der Waals surface area contributed by atoms with E-state index in [0.717, 1.165) is 18.4 Å². The van der Waals surface area contributed by atoms with Gasteiger partial charge in [0.25, 0.3) is 0 Å². The Kier molecular flexibility index (Phi) is 4.04. The van der Waals surface area contributed by atoms with E-state index in [1.807, 2.05) is 0 Å². The Morgan fingerprint density at radius 3 is 2.87 bits per heavy atom. The number of hydrogen-bond donors (Lipinski definition) is 1. The fourth-order valence-electron chi connectivity index (χ4n) is 3.37. The minimum absolute atomic E-state index is 0.423. The molecule has 3 atom stereocenters. The van der Waals surface area contributed by atoms with Gasteiger partial charge < -0.3 is 10.6 Å². The van der Waals surface area contributed by atoms with Crippen LogP contribution in [0.2, 0.25) is 0 Å². The number of likely N-dealkylation sites (tertiary alicyclic amines) is 1. The summed E-state index contributed by atoms with van der Waals surface area (Å²) in [5.41, 5.74) is 6.00.